The number of benzene rings is 2. The second-order valence-electron chi connectivity index (χ2n) is 4.23. The Bertz CT molecular complexity index is 799. The molecule has 0 bridgehead atoms. The van der Waals surface area contributed by atoms with Gasteiger partial charge >= 0.3 is 0 Å². The number of aldehydes is 1. The molecule has 0 spiro atoms. The van der Waals surface area contributed by atoms with Crippen LogP contribution in [0, 0.1) is 11.6 Å². The second-order valence-corrected chi connectivity index (χ2v) is 4.23. The van der Waals surface area contributed by atoms with Crippen molar-refractivity contribution in [3.63, 3.8) is 0 Å². The molecule has 0 radical (unpaired) electrons. The minimum Gasteiger partial charge on any atom is -0.298 e. The van der Waals surface area contributed by atoms with Crippen LogP contribution in [0.15, 0.2) is 42.5 Å². The maximum atomic E-state index is 13.7. The van der Waals surface area contributed by atoms with Crippen molar-refractivity contribution in [2.75, 3.05) is 0 Å². The molecular formula is C17H14F2N2O. The number of hydrogen-bond acceptors (Lipinski definition) is 3. The smallest absolute Gasteiger partial charge is 0.152 e. The van der Waals surface area contributed by atoms with E-state index >= 15 is 0 Å². The van der Waals surface area contributed by atoms with Gasteiger partial charge in [-0.2, -0.15) is 0 Å². The van der Waals surface area contributed by atoms with Crippen molar-refractivity contribution < 1.29 is 13.6 Å². The maximum absolute atomic E-state index is 13.7. The third-order valence-electron chi connectivity index (χ3n) is 2.99. The first-order chi connectivity index (χ1) is 10.7. The Morgan fingerprint density at radius 3 is 2.23 bits per heavy atom. The van der Waals surface area contributed by atoms with Crippen LogP contribution in [0.2, 0.25) is 0 Å². The van der Waals surface area contributed by atoms with Crippen molar-refractivity contribution in [2.24, 2.45) is 0 Å². The Kier molecular flexibility index (Phi) is 4.88. The Hall–Kier alpha value is -2.69. The molecule has 3 aromatic rings. The Morgan fingerprint density at radius 2 is 1.59 bits per heavy atom. The van der Waals surface area contributed by atoms with Gasteiger partial charge in [0.15, 0.2) is 6.29 Å². The van der Waals surface area contributed by atoms with Crippen LogP contribution in [-0.2, 0) is 0 Å². The average Bonchev–Trinajstić information content (AvgIpc) is 2.55. The molecule has 1 heterocycles. The molecule has 1 aromatic heterocycles. The SMILES string of the molecule is CC.O=Cc1cccc2cc(-c3c(F)cccc3F)nnc12. The highest BCUT2D eigenvalue weighted by atomic mass is 19.1. The van der Waals surface area contributed by atoms with Gasteiger partial charge in [0.05, 0.1) is 11.3 Å². The number of hydrogen-bond donors (Lipinski definition) is 0. The van der Waals surface area contributed by atoms with Crippen molar-refractivity contribution in [1.29, 1.82) is 0 Å². The lowest BCUT2D eigenvalue weighted by Gasteiger charge is -2.05. The largest absolute Gasteiger partial charge is 0.298 e. The Balaban J connectivity index is 0.000000847. The van der Waals surface area contributed by atoms with E-state index in [0.717, 1.165) is 12.1 Å². The fourth-order valence-corrected chi connectivity index (χ4v) is 2.05. The molecule has 2 aromatic carbocycles. The highest BCUT2D eigenvalue weighted by molar-refractivity contribution is 5.96. The molecule has 0 aliphatic heterocycles. The van der Waals surface area contributed by atoms with Crippen LogP contribution < -0.4 is 0 Å². The summed E-state index contributed by atoms with van der Waals surface area (Å²) in [6.45, 7) is 4.00. The van der Waals surface area contributed by atoms with E-state index in [-0.39, 0.29) is 11.3 Å². The Labute approximate surface area is 126 Å². The lowest BCUT2D eigenvalue weighted by molar-refractivity contribution is 0.112. The lowest BCUT2D eigenvalue weighted by atomic mass is 10.1. The van der Waals surface area contributed by atoms with Crippen LogP contribution in [0.5, 0.6) is 0 Å². The third kappa shape index (κ3) is 2.83. The summed E-state index contributed by atoms with van der Waals surface area (Å²) in [5, 5.41) is 8.31. The van der Waals surface area contributed by atoms with E-state index in [1.54, 1.807) is 18.2 Å². The fourth-order valence-electron chi connectivity index (χ4n) is 2.05. The number of carbonyl (C=O) groups excluding carboxylic acids is 1. The van der Waals surface area contributed by atoms with E-state index in [9.17, 15) is 13.6 Å². The van der Waals surface area contributed by atoms with Crippen LogP contribution in [0.1, 0.15) is 24.2 Å². The summed E-state index contributed by atoms with van der Waals surface area (Å²) in [5.41, 5.74) is 0.660. The van der Waals surface area contributed by atoms with Crippen molar-refractivity contribution in [2.45, 2.75) is 13.8 Å². The monoisotopic (exact) mass is 300 g/mol. The molecule has 0 unspecified atom stereocenters. The molecule has 0 aliphatic carbocycles. The normalized spacial score (nSPS) is 10.0. The summed E-state index contributed by atoms with van der Waals surface area (Å²) in [6.07, 6.45) is 0.667. The predicted molar refractivity (Wildman–Crippen MR) is 81.6 cm³/mol. The van der Waals surface area contributed by atoms with E-state index in [2.05, 4.69) is 10.2 Å². The number of nitrogens with zero attached hydrogens (tertiary/aromatic N) is 2. The highest BCUT2D eigenvalue weighted by Crippen LogP contribution is 2.26. The summed E-state index contributed by atoms with van der Waals surface area (Å²) in [6, 6.07) is 10.1. The topological polar surface area (TPSA) is 42.9 Å². The van der Waals surface area contributed by atoms with Crippen LogP contribution in [0.4, 0.5) is 8.78 Å². The van der Waals surface area contributed by atoms with Crippen molar-refractivity contribution in [1.82, 2.24) is 10.2 Å². The summed E-state index contributed by atoms with van der Waals surface area (Å²) in [5.74, 6) is -1.41. The lowest BCUT2D eigenvalue weighted by Crippen LogP contribution is -1.96. The molecule has 5 heteroatoms. The van der Waals surface area contributed by atoms with Crippen molar-refractivity contribution in [3.8, 4) is 11.3 Å². The minimum atomic E-state index is -0.704. The second kappa shape index (κ2) is 6.85. The van der Waals surface area contributed by atoms with Gasteiger partial charge in [0.1, 0.15) is 17.2 Å². The first-order valence-corrected chi connectivity index (χ1v) is 6.86. The molecule has 0 saturated carbocycles. The standard InChI is InChI=1S/C15H8F2N2O.C2H6/c16-11-5-2-6-12(17)14(11)13-7-9-3-1-4-10(8-20)15(9)19-18-13;1-2/h1-8H;1-2H3. The van der Waals surface area contributed by atoms with Gasteiger partial charge in [-0.1, -0.05) is 32.0 Å². The van der Waals surface area contributed by atoms with Crippen LogP contribution >= 0.6 is 0 Å². The number of halogens is 2. The third-order valence-corrected chi connectivity index (χ3v) is 2.99. The Morgan fingerprint density at radius 1 is 0.955 bits per heavy atom. The van der Waals surface area contributed by atoms with Gasteiger partial charge in [-0.05, 0) is 24.3 Å². The molecule has 3 nitrogen and oxygen atoms in total. The van der Waals surface area contributed by atoms with E-state index < -0.39 is 11.6 Å². The molecule has 22 heavy (non-hydrogen) atoms. The first-order valence-electron chi connectivity index (χ1n) is 6.86. The summed E-state index contributed by atoms with van der Waals surface area (Å²) >= 11 is 0. The van der Waals surface area contributed by atoms with Gasteiger partial charge in [-0.3, -0.25) is 4.79 Å². The zero-order valence-electron chi connectivity index (χ0n) is 12.2. The molecular weight excluding hydrogens is 286 g/mol. The highest BCUT2D eigenvalue weighted by Gasteiger charge is 2.14. The molecule has 112 valence electrons. The molecule has 0 amide bonds. The summed E-state index contributed by atoms with van der Waals surface area (Å²) < 4.78 is 27.4. The number of carbonyl (C=O) groups is 1. The molecule has 3 rings (SSSR count). The molecule has 0 fully saturated rings. The zero-order chi connectivity index (χ0) is 16.1. The molecule has 0 N–H and O–H groups in total. The average molecular weight is 300 g/mol. The summed E-state index contributed by atoms with van der Waals surface area (Å²) in [4.78, 5) is 10.9. The van der Waals surface area contributed by atoms with E-state index in [1.165, 1.54) is 12.1 Å². The van der Waals surface area contributed by atoms with Gasteiger partial charge in [0.2, 0.25) is 0 Å². The summed E-state index contributed by atoms with van der Waals surface area (Å²) in [7, 11) is 0. The molecule has 0 aliphatic rings. The van der Waals surface area contributed by atoms with Gasteiger partial charge in [-0.25, -0.2) is 8.78 Å². The van der Waals surface area contributed by atoms with Crippen molar-refractivity contribution in [3.05, 3.63) is 59.7 Å². The predicted octanol–water partition coefficient (Wildman–Crippen LogP) is 4.41. The van der Waals surface area contributed by atoms with Crippen molar-refractivity contribution >= 4 is 17.2 Å². The van der Waals surface area contributed by atoms with Gasteiger partial charge in [0, 0.05) is 10.9 Å². The maximum Gasteiger partial charge on any atom is 0.152 e. The van der Waals surface area contributed by atoms with Crippen LogP contribution in [0.3, 0.4) is 0 Å². The molecule has 0 saturated heterocycles. The van der Waals surface area contributed by atoms with Crippen LogP contribution in [0.25, 0.3) is 22.2 Å². The minimum absolute atomic E-state index is 0.0937. The fraction of sp³-hybridized carbons (Fsp3) is 0.118. The van der Waals surface area contributed by atoms with E-state index in [0.29, 0.717) is 22.8 Å². The van der Waals surface area contributed by atoms with Gasteiger partial charge in [0.25, 0.3) is 0 Å². The van der Waals surface area contributed by atoms with E-state index in [1.807, 2.05) is 13.8 Å². The quantitative estimate of drug-likeness (QED) is 0.658. The number of fused-ring (bicyclic) bond motifs is 1. The zero-order valence-corrected chi connectivity index (χ0v) is 12.2. The van der Waals surface area contributed by atoms with Gasteiger partial charge < -0.3 is 0 Å². The van der Waals surface area contributed by atoms with Crippen LogP contribution in [-0.4, -0.2) is 16.5 Å². The number of aromatic nitrogens is 2. The van der Waals surface area contributed by atoms with Gasteiger partial charge in [-0.15, -0.1) is 10.2 Å². The van der Waals surface area contributed by atoms with E-state index in [4.69, 9.17) is 0 Å². The number of rotatable bonds is 2. The molecule has 0 atom stereocenters. The first kappa shape index (κ1) is 15.7.